The van der Waals surface area contributed by atoms with E-state index in [1.165, 1.54) is 0 Å². The summed E-state index contributed by atoms with van der Waals surface area (Å²) in [5.74, 6) is 0. The SMILES string of the molecule is CC(C)(C)OC(=O)NCCCCNS(=O)(=O)c1ccc2ccccc2c1. The molecule has 6 nitrogen and oxygen atoms in total. The van der Waals surface area contributed by atoms with E-state index in [0.717, 1.165) is 10.8 Å². The minimum absolute atomic E-state index is 0.253. The third-order valence-electron chi connectivity index (χ3n) is 3.60. The van der Waals surface area contributed by atoms with E-state index in [9.17, 15) is 13.2 Å². The lowest BCUT2D eigenvalue weighted by atomic mass is 10.1. The van der Waals surface area contributed by atoms with Gasteiger partial charge >= 0.3 is 6.09 Å². The number of amides is 1. The van der Waals surface area contributed by atoms with Crippen molar-refractivity contribution >= 4 is 26.9 Å². The lowest BCUT2D eigenvalue weighted by Gasteiger charge is -2.19. The summed E-state index contributed by atoms with van der Waals surface area (Å²) < 4.78 is 32.5. The molecular weight excluding hydrogens is 352 g/mol. The lowest BCUT2D eigenvalue weighted by Crippen LogP contribution is -2.33. The molecule has 7 heteroatoms. The molecule has 0 bridgehead atoms. The van der Waals surface area contributed by atoms with E-state index in [4.69, 9.17) is 4.74 Å². The number of ether oxygens (including phenoxy) is 1. The number of benzene rings is 2. The third-order valence-corrected chi connectivity index (χ3v) is 5.05. The van der Waals surface area contributed by atoms with Crippen LogP contribution in [-0.4, -0.2) is 33.2 Å². The van der Waals surface area contributed by atoms with Crippen LogP contribution in [0, 0.1) is 0 Å². The third kappa shape index (κ3) is 6.31. The van der Waals surface area contributed by atoms with E-state index < -0.39 is 21.7 Å². The minimum atomic E-state index is -3.54. The molecule has 0 aromatic heterocycles. The van der Waals surface area contributed by atoms with Crippen molar-refractivity contribution in [2.45, 2.75) is 44.1 Å². The highest BCUT2D eigenvalue weighted by molar-refractivity contribution is 7.89. The summed E-state index contributed by atoms with van der Waals surface area (Å²) >= 11 is 0. The van der Waals surface area contributed by atoms with Crippen LogP contribution in [0.1, 0.15) is 33.6 Å². The number of carbonyl (C=O) groups excluding carboxylic acids is 1. The van der Waals surface area contributed by atoms with Gasteiger partial charge in [0.05, 0.1) is 4.90 Å². The molecule has 0 aliphatic carbocycles. The second-order valence-electron chi connectivity index (χ2n) is 7.04. The number of hydrogen-bond donors (Lipinski definition) is 2. The monoisotopic (exact) mass is 378 g/mol. The molecule has 0 radical (unpaired) electrons. The number of alkyl carbamates (subject to hydrolysis) is 1. The van der Waals surface area contributed by atoms with Crippen LogP contribution in [0.5, 0.6) is 0 Å². The van der Waals surface area contributed by atoms with Gasteiger partial charge in [-0.05, 0) is 56.5 Å². The largest absolute Gasteiger partial charge is 0.444 e. The Hall–Kier alpha value is -2.12. The van der Waals surface area contributed by atoms with E-state index in [2.05, 4.69) is 10.0 Å². The van der Waals surface area contributed by atoms with E-state index >= 15 is 0 Å². The van der Waals surface area contributed by atoms with Gasteiger partial charge in [-0.25, -0.2) is 17.9 Å². The number of fused-ring (bicyclic) bond motifs is 1. The molecule has 0 saturated carbocycles. The Morgan fingerprint density at radius 1 is 1.00 bits per heavy atom. The Morgan fingerprint density at radius 3 is 2.35 bits per heavy atom. The molecule has 142 valence electrons. The molecular formula is C19H26N2O4S. The van der Waals surface area contributed by atoms with Crippen LogP contribution >= 0.6 is 0 Å². The molecule has 0 heterocycles. The van der Waals surface area contributed by atoms with Crippen LogP contribution in [0.4, 0.5) is 4.79 Å². The number of hydrogen-bond acceptors (Lipinski definition) is 4. The van der Waals surface area contributed by atoms with Crippen LogP contribution in [0.25, 0.3) is 10.8 Å². The average molecular weight is 378 g/mol. The molecule has 1 amide bonds. The summed E-state index contributed by atoms with van der Waals surface area (Å²) in [6.07, 6.45) is 0.802. The predicted molar refractivity (Wildman–Crippen MR) is 103 cm³/mol. The zero-order valence-corrected chi connectivity index (χ0v) is 16.2. The van der Waals surface area contributed by atoms with Gasteiger partial charge in [-0.1, -0.05) is 30.3 Å². The molecule has 0 unspecified atom stereocenters. The summed E-state index contributed by atoms with van der Waals surface area (Å²) in [7, 11) is -3.54. The Bertz CT molecular complexity index is 857. The molecule has 2 rings (SSSR count). The molecule has 0 aliphatic rings. The topological polar surface area (TPSA) is 84.5 Å². The maximum Gasteiger partial charge on any atom is 0.407 e. The molecule has 0 aliphatic heterocycles. The fourth-order valence-electron chi connectivity index (χ4n) is 2.38. The normalized spacial score (nSPS) is 12.1. The molecule has 0 spiro atoms. The van der Waals surface area contributed by atoms with Crippen molar-refractivity contribution in [3.8, 4) is 0 Å². The van der Waals surface area contributed by atoms with Crippen molar-refractivity contribution in [3.05, 3.63) is 42.5 Å². The fraction of sp³-hybridized carbons (Fsp3) is 0.421. The zero-order chi connectivity index (χ0) is 19.2. The van der Waals surface area contributed by atoms with Crippen molar-refractivity contribution in [2.24, 2.45) is 0 Å². The summed E-state index contributed by atoms with van der Waals surface area (Å²) in [5, 5.41) is 4.54. The highest BCUT2D eigenvalue weighted by Gasteiger charge is 2.16. The maximum absolute atomic E-state index is 12.4. The first-order valence-electron chi connectivity index (χ1n) is 8.63. The van der Waals surface area contributed by atoms with Gasteiger partial charge in [0.25, 0.3) is 0 Å². The zero-order valence-electron chi connectivity index (χ0n) is 15.4. The number of nitrogens with one attached hydrogen (secondary N) is 2. The Kier molecular flexibility index (Phi) is 6.61. The lowest BCUT2D eigenvalue weighted by molar-refractivity contribution is 0.0527. The standard InChI is InChI=1S/C19H26N2O4S/c1-19(2,3)25-18(22)20-12-6-7-13-21-26(23,24)17-11-10-15-8-4-5-9-16(15)14-17/h4-5,8-11,14,21H,6-7,12-13H2,1-3H3,(H,20,22). The number of rotatable bonds is 7. The number of carbonyl (C=O) groups is 1. The summed E-state index contributed by atoms with van der Waals surface area (Å²) in [6.45, 7) is 6.15. The molecule has 2 N–H and O–H groups in total. The highest BCUT2D eigenvalue weighted by Crippen LogP contribution is 2.18. The summed E-state index contributed by atoms with van der Waals surface area (Å²) in [5.41, 5.74) is -0.528. The smallest absolute Gasteiger partial charge is 0.407 e. The molecule has 0 atom stereocenters. The van der Waals surface area contributed by atoms with Gasteiger partial charge in [-0.15, -0.1) is 0 Å². The van der Waals surface area contributed by atoms with Crippen LogP contribution in [0.15, 0.2) is 47.4 Å². The average Bonchev–Trinajstić information content (AvgIpc) is 2.56. The van der Waals surface area contributed by atoms with Gasteiger partial charge < -0.3 is 10.1 Å². The summed E-state index contributed by atoms with van der Waals surface area (Å²) in [6, 6.07) is 12.7. The van der Waals surface area contributed by atoms with E-state index in [1.54, 1.807) is 39.0 Å². The second-order valence-corrected chi connectivity index (χ2v) is 8.81. The maximum atomic E-state index is 12.4. The summed E-state index contributed by atoms with van der Waals surface area (Å²) in [4.78, 5) is 11.8. The van der Waals surface area contributed by atoms with Crippen LogP contribution in [-0.2, 0) is 14.8 Å². The van der Waals surface area contributed by atoms with Crippen molar-refractivity contribution in [2.75, 3.05) is 13.1 Å². The van der Waals surface area contributed by atoms with Gasteiger partial charge in [0.2, 0.25) is 10.0 Å². The van der Waals surface area contributed by atoms with Crippen LogP contribution in [0.3, 0.4) is 0 Å². The van der Waals surface area contributed by atoms with Gasteiger partial charge in [0.1, 0.15) is 5.60 Å². The Balaban J connectivity index is 1.77. The van der Waals surface area contributed by atoms with Crippen LogP contribution < -0.4 is 10.0 Å². The number of unbranched alkanes of at least 4 members (excludes halogenated alkanes) is 1. The van der Waals surface area contributed by atoms with Gasteiger partial charge in [0.15, 0.2) is 0 Å². The first-order valence-corrected chi connectivity index (χ1v) is 10.1. The number of sulfonamides is 1. The van der Waals surface area contributed by atoms with Crippen molar-refractivity contribution in [3.63, 3.8) is 0 Å². The van der Waals surface area contributed by atoms with E-state index in [-0.39, 0.29) is 4.90 Å². The predicted octanol–water partition coefficient (Wildman–Crippen LogP) is 3.42. The second kappa shape index (κ2) is 8.51. The first-order chi connectivity index (χ1) is 12.2. The minimum Gasteiger partial charge on any atom is -0.444 e. The van der Waals surface area contributed by atoms with Crippen molar-refractivity contribution in [1.29, 1.82) is 0 Å². The van der Waals surface area contributed by atoms with Gasteiger partial charge in [-0.2, -0.15) is 0 Å². The molecule has 0 fully saturated rings. The van der Waals surface area contributed by atoms with Crippen molar-refractivity contribution in [1.82, 2.24) is 10.0 Å². The molecule has 26 heavy (non-hydrogen) atoms. The van der Waals surface area contributed by atoms with Crippen LogP contribution in [0.2, 0.25) is 0 Å². The Labute approximate surface area is 155 Å². The van der Waals surface area contributed by atoms with E-state index in [1.807, 2.05) is 24.3 Å². The quantitative estimate of drug-likeness (QED) is 0.723. The first kappa shape index (κ1) is 20.2. The molecule has 0 saturated heterocycles. The van der Waals surface area contributed by atoms with Gasteiger partial charge in [0, 0.05) is 13.1 Å². The van der Waals surface area contributed by atoms with Crippen molar-refractivity contribution < 1.29 is 17.9 Å². The molecule has 2 aromatic rings. The highest BCUT2D eigenvalue weighted by atomic mass is 32.2. The van der Waals surface area contributed by atoms with E-state index in [0.29, 0.717) is 25.9 Å². The molecule has 2 aromatic carbocycles. The fourth-order valence-corrected chi connectivity index (χ4v) is 3.49. The van der Waals surface area contributed by atoms with Gasteiger partial charge in [-0.3, -0.25) is 0 Å². The Morgan fingerprint density at radius 2 is 1.65 bits per heavy atom.